The van der Waals surface area contributed by atoms with Crippen LogP contribution in [0.1, 0.15) is 89.8 Å². The first-order valence-corrected chi connectivity index (χ1v) is 16.4. The molecule has 0 radical (unpaired) electrons. The minimum Gasteiger partial charge on any atom is -0.504 e. The first kappa shape index (κ1) is 42.5. The first-order valence-electron chi connectivity index (χ1n) is 16.4. The molecule has 47 heavy (non-hydrogen) atoms. The maximum Gasteiger partial charge on any atom is 0.161 e. The second-order valence-corrected chi connectivity index (χ2v) is 10.7. The van der Waals surface area contributed by atoms with Crippen molar-refractivity contribution in [2.45, 2.75) is 73.1 Å². The smallest absolute Gasteiger partial charge is 0.161 e. The average Bonchev–Trinajstić information content (AvgIpc) is 3.09. The molecule has 260 valence electrons. The molecule has 0 amide bonds. The van der Waals surface area contributed by atoms with Gasteiger partial charge < -0.3 is 29.5 Å². The van der Waals surface area contributed by atoms with Crippen molar-refractivity contribution in [3.05, 3.63) is 77.9 Å². The summed E-state index contributed by atoms with van der Waals surface area (Å²) >= 11 is 0. The van der Waals surface area contributed by atoms with Crippen molar-refractivity contribution in [3.63, 3.8) is 0 Å². The predicted molar refractivity (Wildman–Crippen MR) is 199 cm³/mol. The molecule has 8 heteroatoms. The van der Waals surface area contributed by atoms with Gasteiger partial charge in [-0.05, 0) is 84.0 Å². The Labute approximate surface area is 283 Å². The Balaban J connectivity index is 0.000000620. The van der Waals surface area contributed by atoms with Gasteiger partial charge in [-0.15, -0.1) is 0 Å². The highest BCUT2D eigenvalue weighted by molar-refractivity contribution is 5.81. The Morgan fingerprint density at radius 2 is 1.06 bits per heavy atom. The van der Waals surface area contributed by atoms with Gasteiger partial charge in [0.25, 0.3) is 0 Å². The Bertz CT molecular complexity index is 1320. The lowest BCUT2D eigenvalue weighted by molar-refractivity contribution is 0.373. The van der Waals surface area contributed by atoms with Gasteiger partial charge in [-0.25, -0.2) is 0 Å². The summed E-state index contributed by atoms with van der Waals surface area (Å²) in [5, 5.41) is 27.9. The number of nitrogens with zero attached hydrogens (tertiary/aromatic N) is 2. The fourth-order valence-corrected chi connectivity index (χ4v) is 3.79. The largest absolute Gasteiger partial charge is 0.504 e. The zero-order valence-electron chi connectivity index (χ0n) is 29.8. The van der Waals surface area contributed by atoms with Crippen LogP contribution in [0.5, 0.6) is 34.5 Å². The number of rotatable bonds is 14. The number of ether oxygens (including phenoxy) is 3. The summed E-state index contributed by atoms with van der Waals surface area (Å²) in [6, 6.07) is 15.4. The molecule has 8 nitrogen and oxygen atoms in total. The molecule has 0 spiro atoms. The lowest BCUT2D eigenvalue weighted by Crippen LogP contribution is -1.88. The Morgan fingerprint density at radius 3 is 1.40 bits per heavy atom. The van der Waals surface area contributed by atoms with Gasteiger partial charge >= 0.3 is 0 Å². The van der Waals surface area contributed by atoms with E-state index in [1.807, 2.05) is 6.07 Å². The number of phenolic OH excluding ortho intramolecular Hbond substituents is 3. The minimum atomic E-state index is 0.151. The number of hydrogen-bond donors (Lipinski definition) is 3. The van der Waals surface area contributed by atoms with Crippen molar-refractivity contribution < 1.29 is 29.5 Å². The summed E-state index contributed by atoms with van der Waals surface area (Å²) in [6.07, 6.45) is 12.7. The van der Waals surface area contributed by atoms with Crippen LogP contribution in [0.15, 0.2) is 71.2 Å². The first-order chi connectivity index (χ1) is 22.6. The van der Waals surface area contributed by atoms with E-state index < -0.39 is 0 Å². The molecule has 3 aromatic carbocycles. The molecule has 0 aliphatic rings. The van der Waals surface area contributed by atoms with Crippen LogP contribution in [-0.2, 0) is 0 Å². The Kier molecular flexibility index (Phi) is 24.2. The molecular weight excluding hydrogens is 592 g/mol. The van der Waals surface area contributed by atoms with Crippen LogP contribution in [0.4, 0.5) is 0 Å². The van der Waals surface area contributed by atoms with Gasteiger partial charge in [0, 0.05) is 25.5 Å². The van der Waals surface area contributed by atoms with E-state index in [1.54, 1.807) is 67.0 Å². The standard InChI is InChI=1S/C12H17NO2.C11H15NO2.C9H10O2.C7H16/c1-3-4-7-13-9-10-5-6-11(14)12(8-10)15-2;1-3-6-12-8-9-4-5-10(13)11(7-9)14-2;1-3-7-4-5-8(10)9(6-7)11-2;1-4-6-7(3)5-2/h5-6,8-9,14H,3-4,7H2,1-2H3;4-5,7-8,13H,3,6H2,1-2H3;3-6,10H,1H2,2H3;7H,4-6H2,1-3H3. The average molecular weight is 651 g/mol. The quantitative estimate of drug-likeness (QED) is 0.118. The number of methoxy groups -OCH3 is 3. The fourth-order valence-electron chi connectivity index (χ4n) is 3.79. The van der Waals surface area contributed by atoms with Crippen molar-refractivity contribution in [3.8, 4) is 34.5 Å². The SMILES string of the molecule is C=Cc1ccc(O)c(OC)c1.CCCC(C)CC.CCCCN=Cc1ccc(O)c(OC)c1.CCCN=Cc1ccc(O)c(OC)c1. The van der Waals surface area contributed by atoms with Gasteiger partial charge in [-0.3, -0.25) is 9.98 Å². The summed E-state index contributed by atoms with van der Waals surface area (Å²) in [6.45, 7) is 16.3. The molecule has 0 saturated carbocycles. The second-order valence-electron chi connectivity index (χ2n) is 10.7. The number of aromatic hydroxyl groups is 3. The zero-order valence-corrected chi connectivity index (χ0v) is 29.8. The molecule has 1 unspecified atom stereocenters. The number of unbranched alkanes of at least 4 members (excludes halogenated alkanes) is 1. The van der Waals surface area contributed by atoms with Crippen molar-refractivity contribution in [1.82, 2.24) is 0 Å². The molecule has 0 bridgehead atoms. The van der Waals surface area contributed by atoms with Gasteiger partial charge in [0.1, 0.15) is 0 Å². The number of phenols is 3. The number of aliphatic imine (C=N–C) groups is 2. The highest BCUT2D eigenvalue weighted by Gasteiger charge is 2.02. The maximum absolute atomic E-state index is 9.38. The number of hydrogen-bond acceptors (Lipinski definition) is 8. The van der Waals surface area contributed by atoms with E-state index >= 15 is 0 Å². The van der Waals surface area contributed by atoms with E-state index in [1.165, 1.54) is 40.6 Å². The molecule has 3 rings (SSSR count). The molecule has 0 aliphatic heterocycles. The highest BCUT2D eigenvalue weighted by atomic mass is 16.5. The normalized spacial score (nSPS) is 10.9. The van der Waals surface area contributed by atoms with Gasteiger partial charge in [-0.1, -0.05) is 79.0 Å². The van der Waals surface area contributed by atoms with E-state index in [0.29, 0.717) is 17.2 Å². The third kappa shape index (κ3) is 19.0. The number of benzene rings is 3. The van der Waals surface area contributed by atoms with Crippen LogP contribution in [-0.4, -0.2) is 62.2 Å². The molecule has 0 fully saturated rings. The summed E-state index contributed by atoms with van der Waals surface area (Å²) in [4.78, 5) is 8.48. The molecule has 0 saturated heterocycles. The van der Waals surface area contributed by atoms with Gasteiger partial charge in [0.05, 0.1) is 21.3 Å². The minimum absolute atomic E-state index is 0.151. The van der Waals surface area contributed by atoms with Crippen molar-refractivity contribution >= 4 is 18.5 Å². The maximum atomic E-state index is 9.38. The van der Waals surface area contributed by atoms with Crippen LogP contribution in [0, 0.1) is 5.92 Å². The Morgan fingerprint density at radius 1 is 0.638 bits per heavy atom. The fraction of sp³-hybridized carbons (Fsp3) is 0.436. The van der Waals surface area contributed by atoms with E-state index in [-0.39, 0.29) is 17.2 Å². The van der Waals surface area contributed by atoms with Crippen molar-refractivity contribution in [2.75, 3.05) is 34.4 Å². The highest BCUT2D eigenvalue weighted by Crippen LogP contribution is 2.27. The van der Waals surface area contributed by atoms with Crippen LogP contribution in [0.2, 0.25) is 0 Å². The third-order valence-electron chi connectivity index (χ3n) is 6.80. The van der Waals surface area contributed by atoms with Crippen LogP contribution in [0.25, 0.3) is 6.08 Å². The van der Waals surface area contributed by atoms with E-state index in [0.717, 1.165) is 55.0 Å². The van der Waals surface area contributed by atoms with E-state index in [9.17, 15) is 15.3 Å². The van der Waals surface area contributed by atoms with Crippen molar-refractivity contribution in [2.24, 2.45) is 15.9 Å². The summed E-state index contributed by atoms with van der Waals surface area (Å²) < 4.78 is 14.9. The van der Waals surface area contributed by atoms with E-state index in [2.05, 4.69) is 51.2 Å². The van der Waals surface area contributed by atoms with Gasteiger partial charge in [0.15, 0.2) is 34.5 Å². The zero-order chi connectivity index (χ0) is 35.5. The molecule has 0 aromatic heterocycles. The lowest BCUT2D eigenvalue weighted by atomic mass is 10.0. The summed E-state index contributed by atoms with van der Waals surface area (Å²) in [5.41, 5.74) is 2.81. The van der Waals surface area contributed by atoms with Crippen LogP contribution in [0.3, 0.4) is 0 Å². The Hall–Kier alpha value is -4.46. The monoisotopic (exact) mass is 650 g/mol. The molecule has 0 aliphatic carbocycles. The topological polar surface area (TPSA) is 113 Å². The second kappa shape index (κ2) is 26.7. The third-order valence-corrected chi connectivity index (χ3v) is 6.80. The summed E-state index contributed by atoms with van der Waals surface area (Å²) in [7, 11) is 4.58. The van der Waals surface area contributed by atoms with E-state index in [4.69, 9.17) is 14.2 Å². The molecule has 3 aromatic rings. The summed E-state index contributed by atoms with van der Waals surface area (Å²) in [5.74, 6) is 2.84. The predicted octanol–water partition coefficient (Wildman–Crippen LogP) is 9.73. The lowest BCUT2D eigenvalue weighted by Gasteiger charge is -2.03. The molecule has 0 heterocycles. The van der Waals surface area contributed by atoms with Crippen molar-refractivity contribution in [1.29, 1.82) is 0 Å². The van der Waals surface area contributed by atoms with Crippen LogP contribution < -0.4 is 14.2 Å². The van der Waals surface area contributed by atoms with Gasteiger partial charge in [-0.2, -0.15) is 0 Å². The molecule has 1 atom stereocenters. The van der Waals surface area contributed by atoms with Gasteiger partial charge in [0.2, 0.25) is 0 Å². The van der Waals surface area contributed by atoms with Crippen LogP contribution >= 0.6 is 0 Å². The molecular formula is C39H58N2O6. The molecule has 3 N–H and O–H groups in total.